The maximum Gasteiger partial charge on any atom is 2.00 e. The third-order valence-corrected chi connectivity index (χ3v) is 13.7. The van der Waals surface area contributed by atoms with Gasteiger partial charge in [0, 0.05) is 92.2 Å². The quantitative estimate of drug-likeness (QED) is 0.235. The molecule has 0 amide bonds. The summed E-state index contributed by atoms with van der Waals surface area (Å²) in [6.45, 7) is 9.42. The van der Waals surface area contributed by atoms with E-state index >= 15 is 0 Å². The van der Waals surface area contributed by atoms with E-state index < -0.39 is 0 Å². The molecule has 341 valence electrons. The number of fused-ring (bicyclic) bond motifs is 24. The molecule has 68 heavy (non-hydrogen) atoms. The van der Waals surface area contributed by atoms with Crippen LogP contribution < -0.4 is 32.7 Å². The minimum Gasteiger partial charge on any atom is -0.357 e. The summed E-state index contributed by atoms with van der Waals surface area (Å²) >= 11 is 0. The molecule has 0 aliphatic carbocycles. The average molecular weight is 954 g/mol. The molecule has 1 N–H and O–H groups in total. The molecule has 7 aromatic heterocycles. The number of rotatable bonds is 4. The molecule has 21 heteroatoms. The number of nitrogens with one attached hydrogen (secondary N) is 1. The Balaban J connectivity index is 0.00000480. The molecular weight excluding hydrogens is 916 g/mol. The van der Waals surface area contributed by atoms with Gasteiger partial charge in [0.25, 0.3) is 0 Å². The predicted molar refractivity (Wildman–Crippen MR) is 255 cm³/mol. The van der Waals surface area contributed by atoms with Gasteiger partial charge in [-0.25, -0.2) is 29.1 Å². The maximum absolute atomic E-state index is 13.5. The van der Waals surface area contributed by atoms with E-state index in [0.717, 1.165) is 0 Å². The molecule has 2 aliphatic rings. The molecule has 13 rings (SSSR count). The van der Waals surface area contributed by atoms with Crippen molar-refractivity contribution in [2.45, 2.75) is 53.9 Å². The van der Waals surface area contributed by atoms with Crippen molar-refractivity contribution in [3.05, 3.63) is 90.5 Å². The van der Waals surface area contributed by atoms with Crippen molar-refractivity contribution in [3.63, 3.8) is 0 Å². The van der Waals surface area contributed by atoms with Gasteiger partial charge in [0.1, 0.15) is 0 Å². The van der Waals surface area contributed by atoms with Gasteiger partial charge in [0.05, 0.1) is 67.4 Å². The summed E-state index contributed by atoms with van der Waals surface area (Å²) in [5.41, 5.74) is 8.34. The van der Waals surface area contributed by atoms with Gasteiger partial charge in [-0.3, -0.25) is 32.0 Å². The Kier molecular flexibility index (Phi) is 8.61. The van der Waals surface area contributed by atoms with Gasteiger partial charge >= 0.3 is 39.8 Å². The smallest absolute Gasteiger partial charge is 0.357 e. The van der Waals surface area contributed by atoms with Crippen molar-refractivity contribution < 1.29 is 17.1 Å². The number of aromatic amines is 1. The van der Waals surface area contributed by atoms with Crippen LogP contribution in [0, 0.1) is 0 Å². The van der Waals surface area contributed by atoms with Gasteiger partial charge < -0.3 is 34.9 Å². The van der Waals surface area contributed by atoms with Crippen LogP contribution in [0.1, 0.15) is 27.7 Å². The first-order valence-electron chi connectivity index (χ1n) is 22.1. The third-order valence-electron chi connectivity index (χ3n) is 13.7. The molecule has 0 saturated carbocycles. The molecule has 0 spiro atoms. The van der Waals surface area contributed by atoms with Crippen molar-refractivity contribution in [3.8, 4) is 45.6 Å². The van der Waals surface area contributed by atoms with Crippen molar-refractivity contribution in [2.24, 2.45) is 21.1 Å². The number of hydrogen-bond acceptors (Lipinski definition) is 10. The fraction of sp³-hybridized carbons (Fsp3) is 0.234. The van der Waals surface area contributed by atoms with Crippen molar-refractivity contribution >= 4 is 88.3 Å². The van der Waals surface area contributed by atoms with Gasteiger partial charge in [-0.15, -0.1) is 0 Å². The minimum absolute atomic E-state index is 0. The second kappa shape index (κ2) is 14.2. The normalized spacial score (nSPS) is 12.4. The zero-order chi connectivity index (χ0) is 46.1. The Morgan fingerprint density at radius 1 is 0.412 bits per heavy atom. The van der Waals surface area contributed by atoms with Gasteiger partial charge in [-0.1, -0.05) is 0 Å². The van der Waals surface area contributed by atoms with Crippen LogP contribution >= 0.6 is 0 Å². The summed E-state index contributed by atoms with van der Waals surface area (Å²) < 4.78 is 11.6. The molecule has 20 nitrogen and oxygen atoms in total. The third kappa shape index (κ3) is 5.30. The van der Waals surface area contributed by atoms with E-state index in [1.807, 2.05) is 76.2 Å². The van der Waals surface area contributed by atoms with Gasteiger partial charge in [0.15, 0.2) is 0 Å². The Labute approximate surface area is 391 Å². The molecule has 0 saturated heterocycles. The van der Waals surface area contributed by atoms with Gasteiger partial charge in [-0.05, 0) is 97.8 Å². The number of nitrogens with zero attached hydrogens (tertiary/aromatic N) is 15. The van der Waals surface area contributed by atoms with Crippen molar-refractivity contribution in [1.29, 1.82) is 0 Å². The second-order valence-corrected chi connectivity index (χ2v) is 17.0. The fourth-order valence-corrected chi connectivity index (χ4v) is 10.2. The van der Waals surface area contributed by atoms with E-state index in [4.69, 9.17) is 39.9 Å². The molecule has 2 aliphatic heterocycles. The molecule has 0 unspecified atom stereocenters. The summed E-state index contributed by atoms with van der Waals surface area (Å²) in [5.74, 6) is 1.17. The standard InChI is InChI=1S/C47H39N16O4.Cu/c1-8-60-29-13-21-20(12-28(29)48-44(60)64)36-49-37(21)51-42-26-18-34-32(59(7)47(67)62(34)10-3)16-24(26)40(55-42)56-43-27-19-35-31(58(6)46(66)63(35)11-4)15-23(27)39(54-43)52-38-22-14-30-33(17-25(22)41(50-36)53-38)61(9-2)45(65)57(30)5;/h12-19H,8-11H2,1-7H3,(H2-,48,49,50,51,52,53,54,55,56,64);/q-1;+2/p-1. The largest absolute Gasteiger partial charge is 2.00 e. The molecule has 8 bridgehead atoms. The van der Waals surface area contributed by atoms with E-state index in [9.17, 15) is 19.2 Å². The van der Waals surface area contributed by atoms with E-state index in [1.165, 1.54) is 0 Å². The summed E-state index contributed by atoms with van der Waals surface area (Å²) in [6.07, 6.45) is 0. The average Bonchev–Trinajstić information content (AvgIpc) is 4.19. The van der Waals surface area contributed by atoms with Gasteiger partial charge in [0.2, 0.25) is 0 Å². The van der Waals surface area contributed by atoms with Crippen molar-refractivity contribution in [2.75, 3.05) is 0 Å². The van der Waals surface area contributed by atoms with Crippen LogP contribution in [-0.2, 0) is 64.4 Å². The van der Waals surface area contributed by atoms with E-state index in [-0.39, 0.29) is 45.5 Å². The molecule has 4 aromatic carbocycles. The first kappa shape index (κ1) is 41.3. The van der Waals surface area contributed by atoms with E-state index in [2.05, 4.69) is 4.98 Å². The summed E-state index contributed by atoms with van der Waals surface area (Å²) in [4.78, 5) is 97.8. The molecule has 9 heterocycles. The Morgan fingerprint density at radius 2 is 0.721 bits per heavy atom. The van der Waals surface area contributed by atoms with Crippen LogP contribution in [0.4, 0.5) is 0 Å². The summed E-state index contributed by atoms with van der Waals surface area (Å²) in [7, 11) is 5.21. The Hall–Kier alpha value is -8.16. The summed E-state index contributed by atoms with van der Waals surface area (Å²) in [5, 5.41) is 2.47. The molecule has 0 fully saturated rings. The molecule has 11 aromatic rings. The van der Waals surface area contributed by atoms with Crippen LogP contribution in [0.25, 0.3) is 134 Å². The number of hydrogen-bond donors (Lipinski definition) is 1. The first-order valence-corrected chi connectivity index (χ1v) is 22.1. The minimum atomic E-state index is -0.251. The number of aryl methyl sites for hydroxylation is 7. The molecule has 1 radical (unpaired) electrons. The van der Waals surface area contributed by atoms with Crippen LogP contribution in [-0.4, -0.2) is 66.9 Å². The SMILES string of the molecule is CCn1c(=O)[nH]c2cc3c4nc5nc(nc6[n-]c(nc7nc(nc([n-]4)c3cc21)-c1cc2c(cc1-7)n(C)c(=O)n2CC)c1cc2c(cc61)n(C)c(=O)n2CC)-c1cc2c(cc1-5)n(CC)c(=O)n2C.[Cu+2]. The first-order chi connectivity index (χ1) is 32.4. The molecule has 0 atom stereocenters. The fourth-order valence-electron chi connectivity index (χ4n) is 10.2. The van der Waals surface area contributed by atoms with Crippen LogP contribution in [0.5, 0.6) is 0 Å². The zero-order valence-electron chi connectivity index (χ0n) is 37.6. The Bertz CT molecular complexity index is 4540. The van der Waals surface area contributed by atoms with Crippen LogP contribution in [0.2, 0.25) is 0 Å². The van der Waals surface area contributed by atoms with Crippen LogP contribution in [0.3, 0.4) is 0 Å². The van der Waals surface area contributed by atoms with E-state index in [1.54, 1.807) is 53.1 Å². The van der Waals surface area contributed by atoms with Crippen LogP contribution in [0.15, 0.2) is 67.7 Å². The molecular formula is C47H38CuN16O4. The van der Waals surface area contributed by atoms with Gasteiger partial charge in [-0.2, -0.15) is 0 Å². The second-order valence-electron chi connectivity index (χ2n) is 17.0. The zero-order valence-corrected chi connectivity index (χ0v) is 38.5. The number of benzene rings is 4. The number of aromatic nitrogens is 16. The predicted octanol–water partition coefficient (Wildman–Crippen LogP) is 4.81. The number of H-pyrrole nitrogens is 1. The topological polar surface area (TPSA) is 224 Å². The number of imidazole rings is 4. The monoisotopic (exact) mass is 953 g/mol. The summed E-state index contributed by atoms with van der Waals surface area (Å²) in [6, 6.07) is 15.2. The Morgan fingerprint density at radius 3 is 1.10 bits per heavy atom. The van der Waals surface area contributed by atoms with E-state index in [0.29, 0.717) is 154 Å². The maximum atomic E-state index is 13.5. The van der Waals surface area contributed by atoms with Crippen molar-refractivity contribution in [1.82, 2.24) is 76.8 Å².